The van der Waals surface area contributed by atoms with E-state index in [4.69, 9.17) is 5.21 Å². The Bertz CT molecular complexity index is 210. The van der Waals surface area contributed by atoms with E-state index < -0.39 is 0 Å². The molecule has 0 saturated carbocycles. The first kappa shape index (κ1) is 6.77. The normalized spacial score (nSPS) is 8.90. The number of hydrogen-bond acceptors (Lipinski definition) is 2. The van der Waals surface area contributed by atoms with Gasteiger partial charge in [-0.15, -0.1) is 0 Å². The van der Waals surface area contributed by atoms with E-state index in [2.05, 4.69) is 0 Å². The zero-order chi connectivity index (χ0) is 7.40. The average Bonchev–Trinajstić information content (AvgIpc) is 2.05. The Morgan fingerprint density at radius 1 is 1.30 bits per heavy atom. The molecule has 0 bridgehead atoms. The third kappa shape index (κ3) is 1.33. The first-order valence-electron chi connectivity index (χ1n) is 2.83. The number of carbonyl (C=O) groups excluding carboxylic acids is 1. The van der Waals surface area contributed by atoms with Gasteiger partial charge < -0.3 is 0 Å². The van der Waals surface area contributed by atoms with Crippen molar-refractivity contribution in [2.45, 2.75) is 0 Å². The predicted molar refractivity (Wildman–Crippen MR) is 36.8 cm³/mol. The smallest absolute Gasteiger partial charge is 0.237 e. The first-order valence-corrected chi connectivity index (χ1v) is 2.83. The zero-order valence-corrected chi connectivity index (χ0v) is 5.27. The van der Waals surface area contributed by atoms with Gasteiger partial charge in [0.2, 0.25) is 6.41 Å². The summed E-state index contributed by atoms with van der Waals surface area (Å²) in [5.74, 6) is 0. The third-order valence-electron chi connectivity index (χ3n) is 1.12. The third-order valence-corrected chi connectivity index (χ3v) is 1.12. The molecule has 0 aliphatic rings. The highest BCUT2D eigenvalue weighted by Gasteiger charge is 1.95. The van der Waals surface area contributed by atoms with Crippen molar-refractivity contribution >= 4 is 12.1 Å². The zero-order valence-electron chi connectivity index (χ0n) is 5.27. The van der Waals surface area contributed by atoms with E-state index in [1.807, 2.05) is 6.07 Å². The maximum Gasteiger partial charge on any atom is 0.237 e. The monoisotopic (exact) mass is 137 g/mol. The highest BCUT2D eigenvalue weighted by molar-refractivity contribution is 5.71. The second kappa shape index (κ2) is 2.98. The molecule has 0 fully saturated rings. The van der Waals surface area contributed by atoms with Crippen LogP contribution in [-0.2, 0) is 4.79 Å². The van der Waals surface area contributed by atoms with Gasteiger partial charge in [-0.3, -0.25) is 10.0 Å². The quantitative estimate of drug-likeness (QED) is 0.376. The standard InChI is InChI=1S/C7H7NO2/c9-6-8(10)7-4-2-1-3-5-7/h1-6,10H. The molecule has 1 amide bonds. The summed E-state index contributed by atoms with van der Waals surface area (Å²) in [6.45, 7) is 0. The Morgan fingerprint density at radius 2 is 1.90 bits per heavy atom. The fourth-order valence-corrected chi connectivity index (χ4v) is 0.642. The number of para-hydroxylation sites is 1. The number of hydroxylamine groups is 1. The summed E-state index contributed by atoms with van der Waals surface area (Å²) in [5, 5.41) is 9.32. The summed E-state index contributed by atoms with van der Waals surface area (Å²) in [7, 11) is 0. The van der Waals surface area contributed by atoms with Crippen molar-refractivity contribution < 1.29 is 10.0 Å². The molecule has 0 unspecified atom stereocenters. The molecule has 0 aliphatic heterocycles. The molecule has 3 nitrogen and oxygen atoms in total. The van der Waals surface area contributed by atoms with Gasteiger partial charge in [0.25, 0.3) is 0 Å². The van der Waals surface area contributed by atoms with E-state index >= 15 is 0 Å². The lowest BCUT2D eigenvalue weighted by Gasteiger charge is -2.05. The lowest BCUT2D eigenvalue weighted by Crippen LogP contribution is -2.14. The minimum Gasteiger partial charge on any atom is -0.281 e. The number of rotatable bonds is 2. The van der Waals surface area contributed by atoms with Crippen molar-refractivity contribution in [2.75, 3.05) is 5.06 Å². The molecule has 0 spiro atoms. The van der Waals surface area contributed by atoms with Crippen molar-refractivity contribution in [1.29, 1.82) is 0 Å². The van der Waals surface area contributed by atoms with Crippen molar-refractivity contribution in [1.82, 2.24) is 0 Å². The number of carbonyl (C=O) groups is 1. The SMILES string of the molecule is O=CN(O)c1ccccc1. The molecule has 0 saturated heterocycles. The van der Waals surface area contributed by atoms with E-state index in [0.29, 0.717) is 17.2 Å². The minimum atomic E-state index is 0.343. The molecule has 0 atom stereocenters. The molecule has 1 rings (SSSR count). The lowest BCUT2D eigenvalue weighted by molar-refractivity contribution is -0.111. The largest absolute Gasteiger partial charge is 0.281 e. The Balaban J connectivity index is 2.84. The van der Waals surface area contributed by atoms with Gasteiger partial charge in [0.1, 0.15) is 0 Å². The molecular formula is C7H7NO2. The molecule has 3 heteroatoms. The van der Waals surface area contributed by atoms with Crippen LogP contribution in [-0.4, -0.2) is 11.6 Å². The second-order valence-corrected chi connectivity index (χ2v) is 1.79. The van der Waals surface area contributed by atoms with Crippen LogP contribution in [0.25, 0.3) is 0 Å². The molecule has 0 aliphatic carbocycles. The van der Waals surface area contributed by atoms with Crippen LogP contribution in [0.4, 0.5) is 5.69 Å². The molecule has 10 heavy (non-hydrogen) atoms. The van der Waals surface area contributed by atoms with Gasteiger partial charge >= 0.3 is 0 Å². The van der Waals surface area contributed by atoms with E-state index in [0.717, 1.165) is 0 Å². The van der Waals surface area contributed by atoms with Crippen LogP contribution in [0.1, 0.15) is 0 Å². The number of amides is 1. The maximum atomic E-state index is 9.98. The number of anilines is 1. The van der Waals surface area contributed by atoms with Crippen LogP contribution in [0.15, 0.2) is 30.3 Å². The van der Waals surface area contributed by atoms with Crippen molar-refractivity contribution in [3.63, 3.8) is 0 Å². The van der Waals surface area contributed by atoms with Crippen LogP contribution < -0.4 is 5.06 Å². The van der Waals surface area contributed by atoms with Crippen molar-refractivity contribution in [2.24, 2.45) is 0 Å². The fraction of sp³-hybridized carbons (Fsp3) is 0. The van der Waals surface area contributed by atoms with Crippen molar-refractivity contribution in [3.8, 4) is 0 Å². The van der Waals surface area contributed by atoms with Gasteiger partial charge in [-0.2, -0.15) is 5.06 Å². The van der Waals surface area contributed by atoms with Gasteiger partial charge in [-0.1, -0.05) is 18.2 Å². The Morgan fingerprint density at radius 3 is 2.40 bits per heavy atom. The van der Waals surface area contributed by atoms with E-state index in [1.165, 1.54) is 0 Å². The first-order chi connectivity index (χ1) is 4.84. The number of nitrogens with zero attached hydrogens (tertiary/aromatic N) is 1. The van der Waals surface area contributed by atoms with Gasteiger partial charge in [0.05, 0.1) is 5.69 Å². The van der Waals surface area contributed by atoms with Gasteiger partial charge in [0.15, 0.2) is 0 Å². The van der Waals surface area contributed by atoms with Gasteiger partial charge in [-0.05, 0) is 12.1 Å². The molecule has 1 aromatic rings. The Kier molecular flexibility index (Phi) is 2.02. The molecular weight excluding hydrogens is 130 g/mol. The van der Waals surface area contributed by atoms with Crippen LogP contribution >= 0.6 is 0 Å². The summed E-state index contributed by atoms with van der Waals surface area (Å²) < 4.78 is 0. The number of hydrogen-bond donors (Lipinski definition) is 1. The van der Waals surface area contributed by atoms with Crippen molar-refractivity contribution in [3.05, 3.63) is 30.3 Å². The summed E-state index contributed by atoms with van der Waals surface area (Å²) in [6.07, 6.45) is 0.343. The van der Waals surface area contributed by atoms with E-state index in [-0.39, 0.29) is 0 Å². The van der Waals surface area contributed by atoms with Gasteiger partial charge in [-0.25, -0.2) is 0 Å². The predicted octanol–water partition coefficient (Wildman–Crippen LogP) is 1.04. The number of benzene rings is 1. The van der Waals surface area contributed by atoms with Crippen LogP contribution in [0.5, 0.6) is 0 Å². The topological polar surface area (TPSA) is 40.5 Å². The summed E-state index contributed by atoms with van der Waals surface area (Å²) in [4.78, 5) is 9.98. The highest BCUT2D eigenvalue weighted by atomic mass is 16.5. The fourth-order valence-electron chi connectivity index (χ4n) is 0.642. The lowest BCUT2D eigenvalue weighted by atomic mass is 10.3. The maximum absolute atomic E-state index is 9.98. The van der Waals surface area contributed by atoms with Crippen LogP contribution in [0, 0.1) is 0 Å². The van der Waals surface area contributed by atoms with Crippen LogP contribution in [0.2, 0.25) is 0 Å². The van der Waals surface area contributed by atoms with E-state index in [9.17, 15) is 4.79 Å². The average molecular weight is 137 g/mol. The molecule has 0 radical (unpaired) electrons. The Hall–Kier alpha value is -1.35. The summed E-state index contributed by atoms with van der Waals surface area (Å²) in [5.41, 5.74) is 0.470. The molecule has 0 aromatic heterocycles. The molecule has 1 N–H and O–H groups in total. The molecule has 1 aromatic carbocycles. The summed E-state index contributed by atoms with van der Waals surface area (Å²) in [6, 6.07) is 8.55. The van der Waals surface area contributed by atoms with Crippen LogP contribution in [0.3, 0.4) is 0 Å². The minimum absolute atomic E-state index is 0.343. The second-order valence-electron chi connectivity index (χ2n) is 1.79. The Labute approximate surface area is 58.5 Å². The van der Waals surface area contributed by atoms with Gasteiger partial charge in [0, 0.05) is 0 Å². The molecule has 0 heterocycles. The van der Waals surface area contributed by atoms with E-state index in [1.54, 1.807) is 24.3 Å². The summed E-state index contributed by atoms with van der Waals surface area (Å²) >= 11 is 0. The highest BCUT2D eigenvalue weighted by Crippen LogP contribution is 2.07. The molecule has 52 valence electrons.